The predicted molar refractivity (Wildman–Crippen MR) is 132 cm³/mol. The molecule has 0 aliphatic carbocycles. The van der Waals surface area contributed by atoms with Crippen molar-refractivity contribution in [1.29, 1.82) is 0 Å². The van der Waals surface area contributed by atoms with Crippen molar-refractivity contribution in [2.24, 2.45) is 0 Å². The number of fused-ring (bicyclic) bond motifs is 1. The molecule has 0 spiro atoms. The molecule has 5 rings (SSSR count). The summed E-state index contributed by atoms with van der Waals surface area (Å²) in [7, 11) is 1.38. The van der Waals surface area contributed by atoms with Gasteiger partial charge in [-0.3, -0.25) is 4.79 Å². The second-order valence-corrected chi connectivity index (χ2v) is 8.81. The minimum Gasteiger partial charge on any atom is -0.494 e. The number of piperidine rings is 1. The third-order valence-corrected chi connectivity index (χ3v) is 6.46. The van der Waals surface area contributed by atoms with Crippen LogP contribution >= 0.6 is 0 Å². The summed E-state index contributed by atoms with van der Waals surface area (Å²) < 4.78 is 59.9. The predicted octanol–water partition coefficient (Wildman–Crippen LogP) is 4.28. The van der Waals surface area contributed by atoms with E-state index in [-0.39, 0.29) is 29.2 Å². The first-order valence-electron chi connectivity index (χ1n) is 11.7. The summed E-state index contributed by atoms with van der Waals surface area (Å²) in [6, 6.07) is 6.48. The van der Waals surface area contributed by atoms with Crippen LogP contribution in [0.3, 0.4) is 0 Å². The molecule has 2 aromatic carbocycles. The second kappa shape index (κ2) is 9.89. The molecule has 0 radical (unpaired) electrons. The summed E-state index contributed by atoms with van der Waals surface area (Å²) >= 11 is 0. The molecular formula is C25H23F4N7O2. The van der Waals surface area contributed by atoms with E-state index in [0.717, 1.165) is 37.7 Å². The monoisotopic (exact) mass is 529 g/mol. The zero-order chi connectivity index (χ0) is 27.0. The molecule has 1 aliphatic rings. The van der Waals surface area contributed by atoms with Crippen molar-refractivity contribution < 1.29 is 27.1 Å². The SMILES string of the molecule is COc1cc(-n2nc(C3CCNCC3)c3ncnc(N)c32)ccc1NC(=O)c1ccc(C(F)(F)F)cc1F. The van der Waals surface area contributed by atoms with Crippen LogP contribution in [0.5, 0.6) is 5.75 Å². The van der Waals surface area contributed by atoms with Crippen LogP contribution in [0.25, 0.3) is 16.7 Å². The summed E-state index contributed by atoms with van der Waals surface area (Å²) in [5.74, 6) is -1.58. The molecule has 198 valence electrons. The lowest BCUT2D eigenvalue weighted by Crippen LogP contribution is -2.27. The molecule has 0 saturated carbocycles. The van der Waals surface area contributed by atoms with Gasteiger partial charge >= 0.3 is 6.18 Å². The molecule has 0 bridgehead atoms. The third kappa shape index (κ3) is 4.72. The van der Waals surface area contributed by atoms with Gasteiger partial charge in [-0.2, -0.15) is 18.3 Å². The minimum absolute atomic E-state index is 0.180. The van der Waals surface area contributed by atoms with Crippen LogP contribution < -0.4 is 21.1 Å². The zero-order valence-corrected chi connectivity index (χ0v) is 20.1. The first-order chi connectivity index (χ1) is 18.2. The number of methoxy groups -OCH3 is 1. The van der Waals surface area contributed by atoms with Gasteiger partial charge in [-0.1, -0.05) is 0 Å². The lowest BCUT2D eigenvalue weighted by molar-refractivity contribution is -0.137. The zero-order valence-electron chi connectivity index (χ0n) is 20.1. The maximum Gasteiger partial charge on any atom is 0.416 e. The first kappa shape index (κ1) is 25.4. The number of nitrogen functional groups attached to an aromatic ring is 1. The molecule has 3 heterocycles. The summed E-state index contributed by atoms with van der Waals surface area (Å²) in [6.45, 7) is 1.72. The fourth-order valence-corrected chi connectivity index (χ4v) is 4.53. The lowest BCUT2D eigenvalue weighted by atomic mass is 9.94. The average Bonchev–Trinajstić information content (AvgIpc) is 3.30. The molecular weight excluding hydrogens is 506 g/mol. The molecule has 1 saturated heterocycles. The van der Waals surface area contributed by atoms with Crippen molar-refractivity contribution in [2.45, 2.75) is 24.9 Å². The second-order valence-electron chi connectivity index (χ2n) is 8.81. The summed E-state index contributed by atoms with van der Waals surface area (Å²) in [5.41, 5.74) is 7.19. The number of halogens is 4. The molecule has 9 nitrogen and oxygen atoms in total. The van der Waals surface area contributed by atoms with Crippen LogP contribution in [-0.2, 0) is 6.18 Å². The highest BCUT2D eigenvalue weighted by atomic mass is 19.4. The quantitative estimate of drug-likeness (QED) is 0.330. The molecule has 0 atom stereocenters. The molecule has 1 fully saturated rings. The Morgan fingerprint density at radius 1 is 1.16 bits per heavy atom. The number of rotatable bonds is 5. The maximum absolute atomic E-state index is 14.3. The van der Waals surface area contributed by atoms with Gasteiger partial charge in [0.15, 0.2) is 5.82 Å². The van der Waals surface area contributed by atoms with E-state index in [0.29, 0.717) is 22.8 Å². The number of nitrogens with one attached hydrogen (secondary N) is 2. The van der Waals surface area contributed by atoms with Crippen molar-refractivity contribution in [3.05, 3.63) is 65.4 Å². The van der Waals surface area contributed by atoms with Gasteiger partial charge in [0, 0.05) is 12.0 Å². The van der Waals surface area contributed by atoms with E-state index < -0.39 is 29.0 Å². The minimum atomic E-state index is -4.73. The summed E-state index contributed by atoms with van der Waals surface area (Å²) in [4.78, 5) is 21.2. The van der Waals surface area contributed by atoms with Crippen molar-refractivity contribution in [3.63, 3.8) is 0 Å². The Morgan fingerprint density at radius 3 is 2.61 bits per heavy atom. The standard InChI is InChI=1S/C25H23F4N7O2/c1-38-19-11-15(3-5-18(19)34-24(37)16-4-2-14(10-17(16)26)25(27,28)29)36-22-21(32-12-33-23(22)30)20(35-36)13-6-8-31-9-7-13/h2-5,10-13,31H,6-9H2,1H3,(H,34,37)(H2,30,32,33). The van der Waals surface area contributed by atoms with Gasteiger partial charge in [0.25, 0.3) is 5.91 Å². The third-order valence-electron chi connectivity index (χ3n) is 6.46. The Bertz CT molecular complexity index is 1510. The fourth-order valence-electron chi connectivity index (χ4n) is 4.53. The number of alkyl halides is 3. The summed E-state index contributed by atoms with van der Waals surface area (Å²) in [5, 5.41) is 10.6. The number of benzene rings is 2. The van der Waals surface area contributed by atoms with Gasteiger partial charge in [0.05, 0.1) is 35.3 Å². The molecule has 2 aromatic heterocycles. The topological polar surface area (TPSA) is 120 Å². The lowest BCUT2D eigenvalue weighted by Gasteiger charge is -2.20. The molecule has 0 unspecified atom stereocenters. The van der Waals surface area contributed by atoms with E-state index in [1.165, 1.54) is 19.5 Å². The molecule has 13 heteroatoms. The molecule has 4 N–H and O–H groups in total. The summed E-state index contributed by atoms with van der Waals surface area (Å²) in [6.07, 6.45) is -1.54. The molecule has 1 amide bonds. The molecule has 38 heavy (non-hydrogen) atoms. The Morgan fingerprint density at radius 2 is 1.92 bits per heavy atom. The average molecular weight is 529 g/mol. The van der Waals surface area contributed by atoms with E-state index in [9.17, 15) is 22.4 Å². The van der Waals surface area contributed by atoms with Gasteiger partial charge < -0.3 is 21.1 Å². The number of carbonyl (C=O) groups is 1. The highest BCUT2D eigenvalue weighted by Crippen LogP contribution is 2.35. The van der Waals surface area contributed by atoms with E-state index >= 15 is 0 Å². The van der Waals surface area contributed by atoms with E-state index in [2.05, 4.69) is 20.6 Å². The van der Waals surface area contributed by atoms with Gasteiger partial charge in [0.1, 0.15) is 28.9 Å². The Hall–Kier alpha value is -4.26. The van der Waals surface area contributed by atoms with Gasteiger partial charge in [-0.25, -0.2) is 19.0 Å². The van der Waals surface area contributed by atoms with Crippen LogP contribution in [0.2, 0.25) is 0 Å². The number of ether oxygens (including phenoxy) is 1. The Balaban J connectivity index is 1.48. The van der Waals surface area contributed by atoms with E-state index in [1.807, 2.05) is 0 Å². The highest BCUT2D eigenvalue weighted by Gasteiger charge is 2.32. The normalized spacial score (nSPS) is 14.6. The number of nitrogens with two attached hydrogens (primary N) is 1. The van der Waals surface area contributed by atoms with Crippen LogP contribution in [-0.4, -0.2) is 45.9 Å². The smallest absolute Gasteiger partial charge is 0.416 e. The van der Waals surface area contributed by atoms with Crippen LogP contribution in [0.1, 0.15) is 40.4 Å². The van der Waals surface area contributed by atoms with Crippen molar-refractivity contribution >= 4 is 28.4 Å². The number of aromatic nitrogens is 4. The fraction of sp³-hybridized carbons (Fsp3) is 0.280. The van der Waals surface area contributed by atoms with Crippen LogP contribution in [0.4, 0.5) is 29.1 Å². The number of hydrogen-bond acceptors (Lipinski definition) is 7. The maximum atomic E-state index is 14.3. The highest BCUT2D eigenvalue weighted by molar-refractivity contribution is 6.05. The number of amides is 1. The van der Waals surface area contributed by atoms with Gasteiger partial charge in [-0.15, -0.1) is 0 Å². The number of hydrogen-bond donors (Lipinski definition) is 3. The number of carbonyl (C=O) groups excluding carboxylic acids is 1. The van der Waals surface area contributed by atoms with Crippen LogP contribution in [0.15, 0.2) is 42.7 Å². The van der Waals surface area contributed by atoms with E-state index in [1.54, 1.807) is 16.8 Å². The van der Waals surface area contributed by atoms with Crippen LogP contribution in [0, 0.1) is 5.82 Å². The Labute approximate surface area is 214 Å². The first-order valence-corrected chi connectivity index (χ1v) is 11.7. The van der Waals surface area contributed by atoms with Crippen molar-refractivity contribution in [1.82, 2.24) is 25.1 Å². The number of anilines is 2. The molecule has 1 aliphatic heterocycles. The van der Waals surface area contributed by atoms with Gasteiger partial charge in [0.2, 0.25) is 0 Å². The van der Waals surface area contributed by atoms with Gasteiger partial charge in [-0.05, 0) is 56.3 Å². The molecule has 4 aromatic rings. The Kier molecular flexibility index (Phi) is 6.61. The van der Waals surface area contributed by atoms with Crippen molar-refractivity contribution in [3.8, 4) is 11.4 Å². The largest absolute Gasteiger partial charge is 0.494 e. The van der Waals surface area contributed by atoms with Crippen molar-refractivity contribution in [2.75, 3.05) is 31.2 Å². The van der Waals surface area contributed by atoms with E-state index in [4.69, 9.17) is 15.6 Å². The number of nitrogens with zero attached hydrogens (tertiary/aromatic N) is 4.